The van der Waals surface area contributed by atoms with Crippen molar-refractivity contribution in [3.8, 4) is 11.5 Å². The number of hydrogen-bond acceptors (Lipinski definition) is 4. The molecule has 1 aromatic rings. The summed E-state index contributed by atoms with van der Waals surface area (Å²) < 4.78 is 11.2. The molecule has 1 fully saturated rings. The fraction of sp³-hybridized carbons (Fsp3) is 0.562. The zero-order valence-corrected chi connectivity index (χ0v) is 12.4. The third-order valence-electron chi connectivity index (χ3n) is 4.11. The van der Waals surface area contributed by atoms with Crippen molar-refractivity contribution in [3.05, 3.63) is 23.8 Å². The van der Waals surface area contributed by atoms with E-state index in [-0.39, 0.29) is 11.9 Å². The van der Waals surface area contributed by atoms with Gasteiger partial charge in [0.1, 0.15) is 13.2 Å². The summed E-state index contributed by atoms with van der Waals surface area (Å²) in [5.74, 6) is 1.83. The van der Waals surface area contributed by atoms with Gasteiger partial charge >= 0.3 is 0 Å². The predicted octanol–water partition coefficient (Wildman–Crippen LogP) is 1.73. The summed E-state index contributed by atoms with van der Waals surface area (Å²) in [5.41, 5.74) is 1.15. The van der Waals surface area contributed by atoms with Crippen LogP contribution in [-0.2, 0) is 4.79 Å². The van der Waals surface area contributed by atoms with Crippen LogP contribution >= 0.6 is 0 Å². The molecular formula is C16H22N2O3. The van der Waals surface area contributed by atoms with Crippen LogP contribution in [0.1, 0.15) is 30.9 Å². The van der Waals surface area contributed by atoms with Gasteiger partial charge < -0.3 is 19.7 Å². The van der Waals surface area contributed by atoms with E-state index >= 15 is 0 Å². The number of nitrogens with one attached hydrogen (secondary N) is 1. The highest BCUT2D eigenvalue weighted by atomic mass is 16.6. The molecule has 5 nitrogen and oxygen atoms in total. The van der Waals surface area contributed by atoms with Gasteiger partial charge in [-0.1, -0.05) is 6.07 Å². The molecule has 0 radical (unpaired) electrons. The number of ether oxygens (including phenoxy) is 2. The van der Waals surface area contributed by atoms with Crippen LogP contribution in [0.3, 0.4) is 0 Å². The zero-order chi connectivity index (χ0) is 14.7. The Bertz CT molecular complexity index is 518. The van der Waals surface area contributed by atoms with E-state index in [0.29, 0.717) is 19.6 Å². The van der Waals surface area contributed by atoms with Gasteiger partial charge in [-0.25, -0.2) is 0 Å². The molecule has 2 heterocycles. The van der Waals surface area contributed by atoms with Crippen LogP contribution in [0.4, 0.5) is 0 Å². The first kappa shape index (κ1) is 14.2. The van der Waals surface area contributed by atoms with Gasteiger partial charge in [-0.2, -0.15) is 0 Å². The number of amides is 1. The zero-order valence-electron chi connectivity index (χ0n) is 12.4. The second kappa shape index (κ2) is 6.35. The molecule has 21 heavy (non-hydrogen) atoms. The van der Waals surface area contributed by atoms with Gasteiger partial charge in [0.25, 0.3) is 0 Å². The van der Waals surface area contributed by atoms with Gasteiger partial charge in [0.15, 0.2) is 11.5 Å². The lowest BCUT2D eigenvalue weighted by atomic mass is 10.0. The second-order valence-electron chi connectivity index (χ2n) is 5.50. The van der Waals surface area contributed by atoms with Crippen molar-refractivity contribution < 1.29 is 14.3 Å². The summed E-state index contributed by atoms with van der Waals surface area (Å²) in [6, 6.07) is 6.22. The first-order chi connectivity index (χ1) is 10.3. The van der Waals surface area contributed by atoms with Gasteiger partial charge in [0.2, 0.25) is 5.91 Å². The van der Waals surface area contributed by atoms with Crippen molar-refractivity contribution in [2.75, 3.05) is 33.4 Å². The van der Waals surface area contributed by atoms with Crippen molar-refractivity contribution in [1.29, 1.82) is 0 Å². The topological polar surface area (TPSA) is 50.8 Å². The minimum Gasteiger partial charge on any atom is -0.486 e. The van der Waals surface area contributed by atoms with Crippen LogP contribution in [0.15, 0.2) is 18.2 Å². The van der Waals surface area contributed by atoms with E-state index in [1.807, 2.05) is 24.1 Å². The van der Waals surface area contributed by atoms with E-state index in [9.17, 15) is 4.79 Å². The van der Waals surface area contributed by atoms with Gasteiger partial charge in [0, 0.05) is 19.5 Å². The number of carbonyl (C=O) groups is 1. The number of likely N-dealkylation sites (tertiary alicyclic amines) is 1. The van der Waals surface area contributed by atoms with Crippen molar-refractivity contribution >= 4 is 5.91 Å². The smallest absolute Gasteiger partial charge is 0.224 e. The van der Waals surface area contributed by atoms with Crippen molar-refractivity contribution in [2.24, 2.45) is 0 Å². The van der Waals surface area contributed by atoms with Crippen LogP contribution in [0.25, 0.3) is 0 Å². The van der Waals surface area contributed by atoms with E-state index in [0.717, 1.165) is 43.0 Å². The molecule has 1 amide bonds. The molecule has 0 bridgehead atoms. The van der Waals surface area contributed by atoms with Gasteiger partial charge in [-0.05, 0) is 37.6 Å². The Hall–Kier alpha value is -1.75. The third kappa shape index (κ3) is 2.97. The molecule has 1 saturated heterocycles. The molecule has 0 aliphatic carbocycles. The Kier molecular flexibility index (Phi) is 4.29. The molecule has 2 aliphatic heterocycles. The van der Waals surface area contributed by atoms with Crippen molar-refractivity contribution in [1.82, 2.24) is 10.2 Å². The molecule has 1 aromatic carbocycles. The van der Waals surface area contributed by atoms with E-state index in [4.69, 9.17) is 9.47 Å². The molecule has 1 atom stereocenters. The Labute approximate surface area is 125 Å². The molecule has 0 spiro atoms. The maximum Gasteiger partial charge on any atom is 0.224 e. The summed E-state index contributed by atoms with van der Waals surface area (Å²) in [5, 5.41) is 3.03. The second-order valence-corrected chi connectivity index (χ2v) is 5.50. The number of benzene rings is 1. The summed E-state index contributed by atoms with van der Waals surface area (Å²) in [6.45, 7) is 2.77. The number of carbonyl (C=O) groups excluding carboxylic acids is 1. The van der Waals surface area contributed by atoms with Crippen LogP contribution in [-0.4, -0.2) is 44.2 Å². The summed E-state index contributed by atoms with van der Waals surface area (Å²) in [7, 11) is 1.87. The molecule has 114 valence electrons. The minimum absolute atomic E-state index is 0.171. The first-order valence-corrected chi connectivity index (χ1v) is 7.63. The monoisotopic (exact) mass is 290 g/mol. The average molecular weight is 290 g/mol. The standard InChI is InChI=1S/C16H22N2O3/c1-17-7-6-16(19)18-8-2-3-13(18)12-4-5-14-15(11-12)21-10-9-20-14/h4-5,11,13,17H,2-3,6-10H2,1H3. The minimum atomic E-state index is 0.171. The van der Waals surface area contributed by atoms with Gasteiger partial charge in [-0.15, -0.1) is 0 Å². The molecule has 5 heteroatoms. The Morgan fingerprint density at radius 3 is 2.95 bits per heavy atom. The third-order valence-corrected chi connectivity index (χ3v) is 4.11. The number of fused-ring (bicyclic) bond motifs is 1. The molecule has 0 saturated carbocycles. The van der Waals surface area contributed by atoms with Crippen LogP contribution < -0.4 is 14.8 Å². The molecule has 2 aliphatic rings. The molecule has 3 rings (SSSR count). The average Bonchev–Trinajstić information content (AvgIpc) is 3.01. The number of nitrogens with zero attached hydrogens (tertiary/aromatic N) is 1. The fourth-order valence-electron chi connectivity index (χ4n) is 3.05. The Balaban J connectivity index is 1.77. The highest BCUT2D eigenvalue weighted by Gasteiger charge is 2.30. The number of hydrogen-bond donors (Lipinski definition) is 1. The SMILES string of the molecule is CNCCC(=O)N1CCCC1c1ccc2c(c1)OCCO2. The largest absolute Gasteiger partial charge is 0.486 e. The highest BCUT2D eigenvalue weighted by Crippen LogP contribution is 2.38. The van der Waals surface area contributed by atoms with E-state index in [1.165, 1.54) is 0 Å². The van der Waals surface area contributed by atoms with Crippen LogP contribution in [0, 0.1) is 0 Å². The lowest BCUT2D eigenvalue weighted by molar-refractivity contribution is -0.132. The van der Waals surface area contributed by atoms with E-state index < -0.39 is 0 Å². The lowest BCUT2D eigenvalue weighted by Gasteiger charge is -2.26. The maximum absolute atomic E-state index is 12.3. The summed E-state index contributed by atoms with van der Waals surface area (Å²) in [4.78, 5) is 14.3. The molecular weight excluding hydrogens is 268 g/mol. The van der Waals surface area contributed by atoms with E-state index in [2.05, 4.69) is 11.4 Å². The van der Waals surface area contributed by atoms with Crippen LogP contribution in [0.5, 0.6) is 11.5 Å². The first-order valence-electron chi connectivity index (χ1n) is 7.63. The Morgan fingerprint density at radius 2 is 2.14 bits per heavy atom. The molecule has 1 N–H and O–H groups in total. The van der Waals surface area contributed by atoms with E-state index in [1.54, 1.807) is 0 Å². The van der Waals surface area contributed by atoms with Crippen molar-refractivity contribution in [2.45, 2.75) is 25.3 Å². The predicted molar refractivity (Wildman–Crippen MR) is 79.7 cm³/mol. The lowest BCUT2D eigenvalue weighted by Crippen LogP contribution is -2.32. The maximum atomic E-state index is 12.3. The fourth-order valence-corrected chi connectivity index (χ4v) is 3.05. The molecule has 0 aromatic heterocycles. The molecule has 1 unspecified atom stereocenters. The summed E-state index contributed by atoms with van der Waals surface area (Å²) in [6.07, 6.45) is 2.63. The normalized spacial score (nSPS) is 20.6. The van der Waals surface area contributed by atoms with Gasteiger partial charge in [0.05, 0.1) is 6.04 Å². The van der Waals surface area contributed by atoms with Crippen molar-refractivity contribution in [3.63, 3.8) is 0 Å². The quantitative estimate of drug-likeness (QED) is 0.917. The number of rotatable bonds is 4. The van der Waals surface area contributed by atoms with Gasteiger partial charge in [-0.3, -0.25) is 4.79 Å². The Morgan fingerprint density at radius 1 is 1.33 bits per heavy atom. The summed E-state index contributed by atoms with van der Waals surface area (Å²) >= 11 is 0. The van der Waals surface area contributed by atoms with Crippen LogP contribution in [0.2, 0.25) is 0 Å². The highest BCUT2D eigenvalue weighted by molar-refractivity contribution is 5.77.